The highest BCUT2D eigenvalue weighted by Crippen LogP contribution is 2.72. The van der Waals surface area contributed by atoms with E-state index in [4.69, 9.17) is 38.5 Å². The largest absolute Gasteiger partial charge is 0.396 e. The molecule has 0 amide bonds. The van der Waals surface area contributed by atoms with E-state index in [1.807, 2.05) is 0 Å². The minimum atomic E-state index is -2.61. The Labute approximate surface area is 511 Å². The Bertz CT molecular complexity index is 2510. The Morgan fingerprint density at radius 2 is 0.524 bits per heavy atom. The van der Waals surface area contributed by atoms with Gasteiger partial charge in [-0.25, -0.2) is 4.31 Å². The van der Waals surface area contributed by atoms with Crippen molar-refractivity contribution in [2.45, 2.75) is 274 Å². The summed E-state index contributed by atoms with van der Waals surface area (Å²) in [7, 11) is -5.22. The fourth-order valence-corrected chi connectivity index (χ4v) is 12.3. The number of hydrogen-bond acceptors (Lipinski definition) is 11. The van der Waals surface area contributed by atoms with Crippen LogP contribution >= 0.6 is 17.2 Å². The van der Waals surface area contributed by atoms with Gasteiger partial charge in [0.2, 0.25) is 0 Å². The topological polar surface area (TPSA) is 168 Å². The molecule has 0 radical (unpaired) electrons. The van der Waals surface area contributed by atoms with E-state index >= 15 is 0 Å². The summed E-state index contributed by atoms with van der Waals surface area (Å²) in [5.74, 6) is 0. The molecule has 6 rings (SSSR count). The summed E-state index contributed by atoms with van der Waals surface area (Å²) >= 11 is 0. The Hall–Kier alpha value is -2.70. The van der Waals surface area contributed by atoms with Gasteiger partial charge in [-0.3, -0.25) is 0 Å². The second-order valence-corrected chi connectivity index (χ2v) is 35.5. The van der Waals surface area contributed by atoms with Crippen LogP contribution in [-0.2, 0) is 66.6 Å². The van der Waals surface area contributed by atoms with Crippen molar-refractivity contribution in [3.8, 4) is 0 Å². The Morgan fingerprint density at radius 3 is 0.655 bits per heavy atom. The summed E-state index contributed by atoms with van der Waals surface area (Å²) < 4.78 is 36.0. The average Bonchev–Trinajstić information content (AvgIpc) is 0.773. The fraction of sp³-hybridized carbons (Fsp3) is 0.662. The van der Waals surface area contributed by atoms with Crippen LogP contribution in [0, 0.1) is 16.2 Å². The van der Waals surface area contributed by atoms with Crippen LogP contribution in [0.15, 0.2) is 72.8 Å². The molecule has 4 atom stereocenters. The molecule has 4 aromatic rings. The highest BCUT2D eigenvalue weighted by Gasteiger charge is 2.69. The number of aliphatic hydroxyl groups excluding tert-OH is 2. The fourth-order valence-electron chi connectivity index (χ4n) is 11.8. The van der Waals surface area contributed by atoms with Crippen LogP contribution in [0.4, 0.5) is 0 Å². The molecule has 0 aromatic heterocycles. The van der Waals surface area contributed by atoms with Gasteiger partial charge in [0.05, 0.1) is 18.6 Å². The van der Waals surface area contributed by atoms with Gasteiger partial charge in [-0.2, -0.15) is 0 Å². The van der Waals surface area contributed by atoms with E-state index in [1.54, 1.807) is 0 Å². The van der Waals surface area contributed by atoms with Crippen molar-refractivity contribution < 1.29 is 53.0 Å². The summed E-state index contributed by atoms with van der Waals surface area (Å²) in [6.07, 6.45) is -4.91. The minimum Gasteiger partial charge on any atom is -0.396 e. The third-order valence-corrected chi connectivity index (χ3v) is 18.3. The SMILES string of the molecule is CC(C)(C)c1ccc(C2OC(C(C)(C)CO)OC(c3ccc(C(C)(C)C)cc3C(C)(C)C)C23C(c2ccc(C(C)(C)C)cc2C(C)(C)C)OC(C(C)(C)CO)OC3c2ccc(C(C)(C)C)cc2C(C)(C)C)c(C(C)(C)C)c1.OP(O)OP(O)O. The zero-order valence-corrected chi connectivity index (χ0v) is 58.7. The molecule has 2 heterocycles. The number of ether oxygens (including phenoxy) is 4. The summed E-state index contributed by atoms with van der Waals surface area (Å²) in [6.45, 7) is 63.1. The highest BCUT2D eigenvalue weighted by molar-refractivity contribution is 7.53. The average molecular weight is 1200 g/mol. The van der Waals surface area contributed by atoms with E-state index in [9.17, 15) is 10.2 Å². The lowest BCUT2D eigenvalue weighted by Gasteiger charge is -2.63. The molecule has 13 heteroatoms. The molecule has 2 aliphatic heterocycles. The second-order valence-electron chi connectivity index (χ2n) is 33.8. The van der Waals surface area contributed by atoms with Gasteiger partial charge in [0.15, 0.2) is 12.6 Å². The molecule has 4 unspecified atom stereocenters. The molecule has 2 aliphatic rings. The van der Waals surface area contributed by atoms with Crippen LogP contribution in [0.1, 0.15) is 285 Å². The van der Waals surface area contributed by atoms with Crippen LogP contribution in [0.5, 0.6) is 0 Å². The predicted molar refractivity (Wildman–Crippen MR) is 346 cm³/mol. The highest BCUT2D eigenvalue weighted by atomic mass is 31.2. The van der Waals surface area contributed by atoms with Crippen molar-refractivity contribution in [2.75, 3.05) is 13.2 Å². The quantitative estimate of drug-likeness (QED) is 0.0837. The maximum Gasteiger partial charge on any atom is 0.334 e. The molecule has 6 N–H and O–H groups in total. The molecule has 84 heavy (non-hydrogen) atoms. The number of aliphatic hydroxyl groups is 2. The van der Waals surface area contributed by atoms with E-state index in [-0.39, 0.29) is 56.5 Å². The first kappa shape index (κ1) is 72.0. The molecule has 4 aromatic carbocycles. The number of rotatable bonds is 10. The van der Waals surface area contributed by atoms with Crippen LogP contribution in [0.2, 0.25) is 0 Å². The van der Waals surface area contributed by atoms with E-state index in [1.165, 1.54) is 44.5 Å². The Kier molecular flexibility index (Phi) is 21.4. The molecular weight excluding hydrogens is 1090 g/mol. The van der Waals surface area contributed by atoms with Gasteiger partial charge < -0.3 is 48.7 Å². The monoisotopic (exact) mass is 1200 g/mol. The van der Waals surface area contributed by atoms with Crippen LogP contribution in [0.25, 0.3) is 0 Å². The lowest BCUT2D eigenvalue weighted by molar-refractivity contribution is -0.431. The van der Waals surface area contributed by atoms with Crippen molar-refractivity contribution in [3.63, 3.8) is 0 Å². The maximum atomic E-state index is 11.6. The van der Waals surface area contributed by atoms with Crippen LogP contribution in [-0.4, -0.2) is 55.6 Å². The van der Waals surface area contributed by atoms with Gasteiger partial charge in [0.25, 0.3) is 0 Å². The third-order valence-electron chi connectivity index (χ3n) is 17.1. The first-order valence-corrected chi connectivity index (χ1v) is 32.6. The van der Waals surface area contributed by atoms with Crippen molar-refractivity contribution >= 4 is 17.2 Å². The van der Waals surface area contributed by atoms with Crippen molar-refractivity contribution in [3.05, 3.63) is 140 Å². The molecule has 0 saturated carbocycles. The summed E-state index contributed by atoms with van der Waals surface area (Å²) in [6, 6.07) is 28.3. The lowest BCUT2D eigenvalue weighted by atomic mass is 9.56. The van der Waals surface area contributed by atoms with Gasteiger partial charge in [0, 0.05) is 10.8 Å². The molecule has 1 spiro atoms. The van der Waals surface area contributed by atoms with Gasteiger partial charge in [-0.05, 0) is 110 Å². The smallest absolute Gasteiger partial charge is 0.334 e. The van der Waals surface area contributed by atoms with Gasteiger partial charge in [0.1, 0.15) is 24.4 Å². The summed E-state index contributed by atoms with van der Waals surface area (Å²) in [5.41, 5.74) is 8.72. The first-order chi connectivity index (χ1) is 37.8. The normalized spacial score (nSPS) is 22.9. The van der Waals surface area contributed by atoms with Gasteiger partial charge in [-0.1, -0.05) is 267 Å². The minimum absolute atomic E-state index is 0.148. The number of hydrogen-bond donors (Lipinski definition) is 6. The van der Waals surface area contributed by atoms with Crippen LogP contribution < -0.4 is 0 Å². The molecule has 0 aliphatic carbocycles. The van der Waals surface area contributed by atoms with E-state index in [2.05, 4.69) is 271 Å². The predicted octanol–water partition coefficient (Wildman–Crippen LogP) is 17.5. The van der Waals surface area contributed by atoms with Crippen LogP contribution in [0.3, 0.4) is 0 Å². The number of benzene rings is 4. The molecule has 11 nitrogen and oxygen atoms in total. The molecule has 472 valence electrons. The summed E-state index contributed by atoms with van der Waals surface area (Å²) in [5, 5.41) is 23.2. The van der Waals surface area contributed by atoms with E-state index < -0.39 is 70.4 Å². The lowest BCUT2D eigenvalue weighted by Crippen LogP contribution is -2.62. The van der Waals surface area contributed by atoms with Gasteiger partial charge >= 0.3 is 17.2 Å². The van der Waals surface area contributed by atoms with Gasteiger partial charge in [-0.15, -0.1) is 0 Å². The Balaban J connectivity index is 0.00000173. The molecular formula is C71H112O11P2. The zero-order valence-electron chi connectivity index (χ0n) is 56.9. The van der Waals surface area contributed by atoms with Crippen molar-refractivity contribution in [2.24, 2.45) is 16.2 Å². The molecule has 2 fully saturated rings. The van der Waals surface area contributed by atoms with Crippen molar-refractivity contribution in [1.82, 2.24) is 0 Å². The second kappa shape index (κ2) is 24.9. The first-order valence-electron chi connectivity index (χ1n) is 30.2. The van der Waals surface area contributed by atoms with E-state index in [0.717, 1.165) is 22.3 Å². The third kappa shape index (κ3) is 15.8. The van der Waals surface area contributed by atoms with Crippen molar-refractivity contribution in [1.29, 1.82) is 0 Å². The van der Waals surface area contributed by atoms with E-state index in [0.29, 0.717) is 0 Å². The standard InChI is InChI=1S/C71H108O6.H4O5P2/c1-61(2,3)43-29-33-47(51(37-43)65(13,14)15)55-71(56(75-59(74-55)69(25,26)41-72)48-34-30-44(62(4,5)6)38-52(48)66(16,17)18)57(49-35-31-45(63(7,8)9)39-53(49)67(19,20)21)76-60(70(27,28)42-73)77-58(71)50-36-32-46(64(10,11)12)40-54(50)68(22,23)24;1-6(2)5-7(3)4/h29-40,55-60,72-73H,41-42H2,1-28H3;1-4H. The summed E-state index contributed by atoms with van der Waals surface area (Å²) in [4.78, 5) is 31.3. The molecule has 2 saturated heterocycles. The molecule has 0 bridgehead atoms. The Morgan fingerprint density at radius 1 is 0.333 bits per heavy atom. The maximum absolute atomic E-state index is 11.6. The zero-order chi connectivity index (χ0) is 64.5.